The molecule has 1 amide bonds. The van der Waals surface area contributed by atoms with Gasteiger partial charge in [0, 0.05) is 0 Å². The summed E-state index contributed by atoms with van der Waals surface area (Å²) < 4.78 is 10.0. The number of hydrogen-bond donors (Lipinski definition) is 1. The lowest BCUT2D eigenvalue weighted by atomic mass is 10.3. The molecule has 0 unspecified atom stereocenters. The number of rotatable bonds is 6. The molecule has 1 aromatic rings. The number of hydrogen-bond acceptors (Lipinski definition) is 4. The number of benzene rings is 1. The van der Waals surface area contributed by atoms with E-state index < -0.39 is 12.0 Å². The van der Waals surface area contributed by atoms with Gasteiger partial charge < -0.3 is 14.8 Å². The number of esters is 1. The predicted octanol–water partition coefficient (Wildman–Crippen LogP) is 1.13. The normalized spacial score (nSPS) is 11.4. The van der Waals surface area contributed by atoms with Crippen LogP contribution in [0.2, 0.25) is 0 Å². The van der Waals surface area contributed by atoms with E-state index >= 15 is 0 Å². The molecule has 0 heterocycles. The van der Waals surface area contributed by atoms with Gasteiger partial charge in [-0.05, 0) is 26.0 Å². The molecule has 1 atom stereocenters. The summed E-state index contributed by atoms with van der Waals surface area (Å²) in [5.74, 6) is -0.207. The topological polar surface area (TPSA) is 64.6 Å². The van der Waals surface area contributed by atoms with Gasteiger partial charge in [0.2, 0.25) is 0 Å². The van der Waals surface area contributed by atoms with Gasteiger partial charge in [-0.1, -0.05) is 18.2 Å². The van der Waals surface area contributed by atoms with Crippen LogP contribution in [0.1, 0.15) is 13.8 Å². The minimum absolute atomic E-state index is 0.131. The van der Waals surface area contributed by atoms with Crippen LogP contribution in [0.3, 0.4) is 0 Å². The Bertz CT molecular complexity index is 391. The zero-order valence-electron chi connectivity index (χ0n) is 10.5. The van der Waals surface area contributed by atoms with Gasteiger partial charge in [-0.15, -0.1) is 0 Å². The Morgan fingerprint density at radius 3 is 2.56 bits per heavy atom. The summed E-state index contributed by atoms with van der Waals surface area (Å²) in [4.78, 5) is 22.8. The van der Waals surface area contributed by atoms with Crippen molar-refractivity contribution in [1.29, 1.82) is 0 Å². The van der Waals surface area contributed by atoms with Crippen LogP contribution in [0.5, 0.6) is 5.75 Å². The molecule has 1 aromatic carbocycles. The summed E-state index contributed by atoms with van der Waals surface area (Å²) in [7, 11) is 0. The van der Waals surface area contributed by atoms with Crippen molar-refractivity contribution in [2.45, 2.75) is 19.9 Å². The zero-order valence-corrected chi connectivity index (χ0v) is 10.5. The van der Waals surface area contributed by atoms with E-state index in [1.165, 1.54) is 0 Å². The van der Waals surface area contributed by atoms with Crippen LogP contribution in [0.4, 0.5) is 0 Å². The Balaban J connectivity index is 2.31. The average Bonchev–Trinajstić information content (AvgIpc) is 2.38. The molecular weight excluding hydrogens is 234 g/mol. The molecule has 98 valence electrons. The number of nitrogens with one attached hydrogen (secondary N) is 1. The fraction of sp³-hybridized carbons (Fsp3) is 0.385. The predicted molar refractivity (Wildman–Crippen MR) is 66.2 cm³/mol. The van der Waals surface area contributed by atoms with E-state index in [0.717, 1.165) is 0 Å². The maximum absolute atomic E-state index is 11.5. The van der Waals surface area contributed by atoms with Crippen molar-refractivity contribution in [2.24, 2.45) is 0 Å². The number of ether oxygens (including phenoxy) is 2. The number of amides is 1. The number of carbonyl (C=O) groups is 2. The molecule has 1 N–H and O–H groups in total. The third-order valence-electron chi connectivity index (χ3n) is 2.13. The fourth-order valence-electron chi connectivity index (χ4n) is 1.27. The summed E-state index contributed by atoms with van der Waals surface area (Å²) in [6.45, 7) is 3.44. The minimum Gasteiger partial charge on any atom is -0.484 e. The highest BCUT2D eigenvalue weighted by Gasteiger charge is 2.16. The molecule has 0 aliphatic carbocycles. The molecule has 0 aliphatic rings. The highest BCUT2D eigenvalue weighted by atomic mass is 16.5. The zero-order chi connectivity index (χ0) is 13.4. The standard InChI is InChI=1S/C13H17NO4/c1-3-17-13(16)10(2)14-12(15)9-18-11-7-5-4-6-8-11/h4-8,10H,3,9H2,1-2H3,(H,14,15)/t10-/m0/s1. The molecule has 0 aliphatic heterocycles. The molecule has 0 aromatic heterocycles. The third kappa shape index (κ3) is 4.86. The SMILES string of the molecule is CCOC(=O)[C@H](C)NC(=O)COc1ccccc1. The number of carbonyl (C=O) groups excluding carboxylic acids is 2. The maximum atomic E-state index is 11.5. The van der Waals surface area contributed by atoms with E-state index in [4.69, 9.17) is 9.47 Å². The van der Waals surface area contributed by atoms with Crippen molar-refractivity contribution < 1.29 is 19.1 Å². The summed E-state index contributed by atoms with van der Waals surface area (Å²) in [6, 6.07) is 8.32. The first-order valence-corrected chi connectivity index (χ1v) is 5.77. The minimum atomic E-state index is -0.670. The van der Waals surface area contributed by atoms with Gasteiger partial charge in [-0.3, -0.25) is 4.79 Å². The molecule has 0 bridgehead atoms. The lowest BCUT2D eigenvalue weighted by Gasteiger charge is -2.12. The van der Waals surface area contributed by atoms with Crippen molar-refractivity contribution in [3.63, 3.8) is 0 Å². The molecule has 0 fully saturated rings. The van der Waals surface area contributed by atoms with Gasteiger partial charge in [0.1, 0.15) is 11.8 Å². The Kier molecular flexibility index (Phi) is 5.70. The summed E-state index contributed by atoms with van der Waals surface area (Å²) >= 11 is 0. The molecule has 0 spiro atoms. The smallest absolute Gasteiger partial charge is 0.328 e. The second-order valence-electron chi connectivity index (χ2n) is 3.64. The molecular formula is C13H17NO4. The first-order valence-electron chi connectivity index (χ1n) is 5.77. The highest BCUT2D eigenvalue weighted by Crippen LogP contribution is 2.07. The van der Waals surface area contributed by atoms with Gasteiger partial charge in [0.15, 0.2) is 6.61 Å². The lowest BCUT2D eigenvalue weighted by molar-refractivity contribution is -0.147. The summed E-state index contributed by atoms with van der Waals surface area (Å²) in [5.41, 5.74) is 0. The Labute approximate surface area is 106 Å². The van der Waals surface area contributed by atoms with Crippen LogP contribution in [-0.4, -0.2) is 31.1 Å². The fourth-order valence-corrected chi connectivity index (χ4v) is 1.27. The van der Waals surface area contributed by atoms with Crippen LogP contribution >= 0.6 is 0 Å². The van der Waals surface area contributed by atoms with Crippen LogP contribution < -0.4 is 10.1 Å². The van der Waals surface area contributed by atoms with Gasteiger partial charge in [0.25, 0.3) is 5.91 Å². The summed E-state index contributed by atoms with van der Waals surface area (Å²) in [6.07, 6.45) is 0. The van der Waals surface area contributed by atoms with E-state index in [1.54, 1.807) is 26.0 Å². The van der Waals surface area contributed by atoms with Crippen LogP contribution in [0, 0.1) is 0 Å². The van der Waals surface area contributed by atoms with Crippen molar-refractivity contribution >= 4 is 11.9 Å². The van der Waals surface area contributed by atoms with E-state index in [2.05, 4.69) is 5.32 Å². The lowest BCUT2D eigenvalue weighted by Crippen LogP contribution is -2.41. The van der Waals surface area contributed by atoms with Gasteiger partial charge >= 0.3 is 5.97 Å². The molecule has 18 heavy (non-hydrogen) atoms. The van der Waals surface area contributed by atoms with Crippen LogP contribution in [0.25, 0.3) is 0 Å². The Hall–Kier alpha value is -2.04. The quantitative estimate of drug-likeness (QED) is 0.770. The van der Waals surface area contributed by atoms with Crippen molar-refractivity contribution in [3.05, 3.63) is 30.3 Å². The van der Waals surface area contributed by atoms with Crippen molar-refractivity contribution in [1.82, 2.24) is 5.32 Å². The third-order valence-corrected chi connectivity index (χ3v) is 2.13. The summed E-state index contributed by atoms with van der Waals surface area (Å²) in [5, 5.41) is 2.50. The molecule has 5 nitrogen and oxygen atoms in total. The molecule has 0 saturated carbocycles. The molecule has 5 heteroatoms. The van der Waals surface area contributed by atoms with Gasteiger partial charge in [0.05, 0.1) is 6.61 Å². The molecule has 0 saturated heterocycles. The largest absolute Gasteiger partial charge is 0.484 e. The molecule has 0 radical (unpaired) electrons. The maximum Gasteiger partial charge on any atom is 0.328 e. The second kappa shape index (κ2) is 7.32. The molecule has 1 rings (SSSR count). The Morgan fingerprint density at radius 1 is 1.28 bits per heavy atom. The van der Waals surface area contributed by atoms with E-state index in [1.807, 2.05) is 18.2 Å². The van der Waals surface area contributed by atoms with Crippen molar-refractivity contribution in [2.75, 3.05) is 13.2 Å². The average molecular weight is 251 g/mol. The van der Waals surface area contributed by atoms with Crippen LogP contribution in [0.15, 0.2) is 30.3 Å². The van der Waals surface area contributed by atoms with E-state index in [-0.39, 0.29) is 12.5 Å². The highest BCUT2D eigenvalue weighted by molar-refractivity contribution is 5.84. The first kappa shape index (κ1) is 14.0. The van der Waals surface area contributed by atoms with Gasteiger partial charge in [-0.25, -0.2) is 4.79 Å². The first-order chi connectivity index (χ1) is 8.63. The van der Waals surface area contributed by atoms with Crippen LogP contribution in [-0.2, 0) is 14.3 Å². The van der Waals surface area contributed by atoms with E-state index in [0.29, 0.717) is 12.4 Å². The number of para-hydroxylation sites is 1. The van der Waals surface area contributed by atoms with Gasteiger partial charge in [-0.2, -0.15) is 0 Å². The second-order valence-corrected chi connectivity index (χ2v) is 3.64. The van der Waals surface area contributed by atoms with Crippen molar-refractivity contribution in [3.8, 4) is 5.75 Å². The van der Waals surface area contributed by atoms with E-state index in [9.17, 15) is 9.59 Å². The monoisotopic (exact) mass is 251 g/mol. The Morgan fingerprint density at radius 2 is 1.94 bits per heavy atom.